The van der Waals surface area contributed by atoms with E-state index in [0.717, 1.165) is 28.8 Å². The summed E-state index contributed by atoms with van der Waals surface area (Å²) in [6.45, 7) is 1.61. The highest BCUT2D eigenvalue weighted by Gasteiger charge is 2.22. The molecule has 1 heterocycles. The van der Waals surface area contributed by atoms with Gasteiger partial charge in [0.15, 0.2) is 5.78 Å². The lowest BCUT2D eigenvalue weighted by Crippen LogP contribution is -2.31. The summed E-state index contributed by atoms with van der Waals surface area (Å²) in [7, 11) is 0. The first-order chi connectivity index (χ1) is 9.25. The van der Waals surface area contributed by atoms with E-state index < -0.39 is 0 Å². The Kier molecular flexibility index (Phi) is 3.38. The Labute approximate surface area is 121 Å². The molecule has 0 saturated carbocycles. The molecule has 0 radical (unpaired) electrons. The zero-order valence-corrected chi connectivity index (χ0v) is 12.1. The number of halogens is 1. The van der Waals surface area contributed by atoms with Crippen molar-refractivity contribution < 1.29 is 4.79 Å². The molecule has 1 aliphatic rings. The number of ketones is 1. The maximum absolute atomic E-state index is 11.9. The van der Waals surface area contributed by atoms with Gasteiger partial charge in [-0.3, -0.25) is 4.79 Å². The molecule has 1 aliphatic heterocycles. The van der Waals surface area contributed by atoms with Gasteiger partial charge in [0.05, 0.1) is 0 Å². The van der Waals surface area contributed by atoms with Gasteiger partial charge in [0.25, 0.3) is 0 Å². The van der Waals surface area contributed by atoms with Crippen molar-refractivity contribution in [3.63, 3.8) is 0 Å². The second-order valence-electron chi connectivity index (χ2n) is 4.70. The molecule has 3 heteroatoms. The summed E-state index contributed by atoms with van der Waals surface area (Å²) in [5.74, 6) is 0.249. The van der Waals surface area contributed by atoms with Crippen molar-refractivity contribution in [2.45, 2.75) is 13.0 Å². The van der Waals surface area contributed by atoms with Crippen LogP contribution in [0.4, 0.5) is 5.69 Å². The number of Topliss-reactive ketones (excluding diaryl/α,β-unsaturated/α-hetero) is 1. The third kappa shape index (κ3) is 2.43. The molecule has 0 N–H and O–H groups in total. The molecule has 0 aromatic heterocycles. The highest BCUT2D eigenvalue weighted by molar-refractivity contribution is 9.10. The van der Waals surface area contributed by atoms with E-state index in [1.54, 1.807) is 0 Å². The van der Waals surface area contributed by atoms with Crippen molar-refractivity contribution in [3.05, 3.63) is 64.1 Å². The van der Waals surface area contributed by atoms with E-state index >= 15 is 0 Å². The first-order valence-electron chi connectivity index (χ1n) is 6.36. The van der Waals surface area contributed by atoms with Gasteiger partial charge in [-0.1, -0.05) is 46.3 Å². The van der Waals surface area contributed by atoms with Crippen molar-refractivity contribution in [1.29, 1.82) is 0 Å². The van der Waals surface area contributed by atoms with Crippen LogP contribution in [-0.4, -0.2) is 12.3 Å². The monoisotopic (exact) mass is 315 g/mol. The molecule has 0 amide bonds. The Morgan fingerprint density at radius 2 is 1.79 bits per heavy atom. The smallest absolute Gasteiger partial charge is 0.166 e. The van der Waals surface area contributed by atoms with Crippen LogP contribution in [0.5, 0.6) is 0 Å². The van der Waals surface area contributed by atoms with Crippen molar-refractivity contribution in [2.75, 3.05) is 11.4 Å². The van der Waals surface area contributed by atoms with Crippen molar-refractivity contribution in [3.8, 4) is 0 Å². The minimum atomic E-state index is 0.249. The van der Waals surface area contributed by atoms with E-state index in [9.17, 15) is 4.79 Å². The quantitative estimate of drug-likeness (QED) is 0.833. The summed E-state index contributed by atoms with van der Waals surface area (Å²) < 4.78 is 1.12. The third-order valence-corrected chi connectivity index (χ3v) is 4.25. The molecule has 19 heavy (non-hydrogen) atoms. The predicted molar refractivity (Wildman–Crippen MR) is 80.6 cm³/mol. The molecule has 3 rings (SSSR count). The number of anilines is 1. The van der Waals surface area contributed by atoms with Crippen LogP contribution in [0.1, 0.15) is 22.3 Å². The molecule has 0 saturated heterocycles. The normalized spacial score (nSPS) is 14.4. The van der Waals surface area contributed by atoms with E-state index in [2.05, 4.69) is 33.0 Å². The van der Waals surface area contributed by atoms with Gasteiger partial charge in [-0.05, 0) is 23.8 Å². The Morgan fingerprint density at radius 3 is 2.63 bits per heavy atom. The SMILES string of the molecule is O=C1CCN(Cc2ccccc2Br)c2ccccc21. The number of carbonyl (C=O) groups excluding carboxylic acids is 1. The molecule has 2 aromatic carbocycles. The Balaban J connectivity index is 1.93. The van der Waals surface area contributed by atoms with Crippen molar-refractivity contribution in [2.24, 2.45) is 0 Å². The zero-order valence-electron chi connectivity index (χ0n) is 10.5. The van der Waals surface area contributed by atoms with Crippen LogP contribution < -0.4 is 4.90 Å². The number of fused-ring (bicyclic) bond motifs is 1. The van der Waals surface area contributed by atoms with Crippen LogP contribution in [0.25, 0.3) is 0 Å². The highest BCUT2D eigenvalue weighted by atomic mass is 79.9. The van der Waals surface area contributed by atoms with Crippen molar-refractivity contribution >= 4 is 27.4 Å². The number of rotatable bonds is 2. The van der Waals surface area contributed by atoms with Gasteiger partial charge in [-0.2, -0.15) is 0 Å². The van der Waals surface area contributed by atoms with Crippen LogP contribution >= 0.6 is 15.9 Å². The average Bonchev–Trinajstić information content (AvgIpc) is 2.44. The summed E-state index contributed by atoms with van der Waals surface area (Å²) in [6.07, 6.45) is 0.599. The van der Waals surface area contributed by atoms with Gasteiger partial charge in [-0.25, -0.2) is 0 Å². The van der Waals surface area contributed by atoms with Crippen LogP contribution in [0, 0.1) is 0 Å². The van der Waals surface area contributed by atoms with E-state index in [-0.39, 0.29) is 5.78 Å². The number of hydrogen-bond acceptors (Lipinski definition) is 2. The van der Waals surface area contributed by atoms with Gasteiger partial charge in [0, 0.05) is 35.2 Å². The Bertz CT molecular complexity index is 624. The number of nitrogens with zero attached hydrogens (tertiary/aromatic N) is 1. The molecule has 0 fully saturated rings. The first-order valence-corrected chi connectivity index (χ1v) is 7.15. The molecule has 0 atom stereocenters. The van der Waals surface area contributed by atoms with Crippen LogP contribution in [0.15, 0.2) is 53.0 Å². The maximum atomic E-state index is 11.9. The van der Waals surface area contributed by atoms with Crippen LogP contribution in [0.3, 0.4) is 0 Å². The summed E-state index contributed by atoms with van der Waals surface area (Å²) in [4.78, 5) is 14.2. The van der Waals surface area contributed by atoms with E-state index in [0.29, 0.717) is 6.42 Å². The van der Waals surface area contributed by atoms with Crippen LogP contribution in [0.2, 0.25) is 0 Å². The minimum absolute atomic E-state index is 0.249. The summed E-state index contributed by atoms with van der Waals surface area (Å²) in [5.41, 5.74) is 3.14. The zero-order chi connectivity index (χ0) is 13.2. The topological polar surface area (TPSA) is 20.3 Å². The maximum Gasteiger partial charge on any atom is 0.166 e. The second kappa shape index (κ2) is 5.17. The number of benzene rings is 2. The Hall–Kier alpha value is -1.61. The molecule has 0 aliphatic carbocycles. The molecule has 2 aromatic rings. The fourth-order valence-electron chi connectivity index (χ4n) is 2.47. The average molecular weight is 316 g/mol. The van der Waals surface area contributed by atoms with Crippen LogP contribution in [-0.2, 0) is 6.54 Å². The van der Waals surface area contributed by atoms with Gasteiger partial charge >= 0.3 is 0 Å². The summed E-state index contributed by atoms with van der Waals surface area (Å²) >= 11 is 3.58. The standard InChI is InChI=1S/C16H14BrNO/c17-14-7-3-1-5-12(14)11-18-10-9-16(19)13-6-2-4-8-15(13)18/h1-8H,9-11H2. The molecule has 0 unspecified atom stereocenters. The lowest BCUT2D eigenvalue weighted by Gasteiger charge is -2.30. The lowest BCUT2D eigenvalue weighted by molar-refractivity contribution is 0.0979. The lowest BCUT2D eigenvalue weighted by atomic mass is 10.00. The fourth-order valence-corrected chi connectivity index (χ4v) is 2.88. The molecule has 2 nitrogen and oxygen atoms in total. The van der Waals surface area contributed by atoms with Gasteiger partial charge < -0.3 is 4.90 Å². The number of para-hydroxylation sites is 1. The van der Waals surface area contributed by atoms with E-state index in [1.807, 2.05) is 36.4 Å². The largest absolute Gasteiger partial charge is 0.366 e. The molecular weight excluding hydrogens is 302 g/mol. The summed E-state index contributed by atoms with van der Waals surface area (Å²) in [5, 5.41) is 0. The predicted octanol–water partition coefficient (Wildman–Crippen LogP) is 4.04. The number of hydrogen-bond donors (Lipinski definition) is 0. The molecule has 0 bridgehead atoms. The Morgan fingerprint density at radius 1 is 1.05 bits per heavy atom. The fraction of sp³-hybridized carbons (Fsp3) is 0.188. The number of carbonyl (C=O) groups is 1. The van der Waals surface area contributed by atoms with Gasteiger partial charge in [0.2, 0.25) is 0 Å². The third-order valence-electron chi connectivity index (χ3n) is 3.47. The molecular formula is C16H14BrNO. The van der Waals surface area contributed by atoms with E-state index in [1.165, 1.54) is 5.56 Å². The molecule has 0 spiro atoms. The van der Waals surface area contributed by atoms with Gasteiger partial charge in [-0.15, -0.1) is 0 Å². The minimum Gasteiger partial charge on any atom is -0.366 e. The first kappa shape index (κ1) is 12.4. The second-order valence-corrected chi connectivity index (χ2v) is 5.56. The highest BCUT2D eigenvalue weighted by Crippen LogP contribution is 2.29. The van der Waals surface area contributed by atoms with E-state index in [4.69, 9.17) is 0 Å². The van der Waals surface area contributed by atoms with Gasteiger partial charge in [0.1, 0.15) is 0 Å². The summed E-state index contributed by atoms with van der Waals surface area (Å²) in [6, 6.07) is 16.1. The van der Waals surface area contributed by atoms with Crippen molar-refractivity contribution in [1.82, 2.24) is 0 Å². The molecule has 96 valence electrons.